The summed E-state index contributed by atoms with van der Waals surface area (Å²) in [5.74, 6) is 0.209. The second-order valence-corrected chi connectivity index (χ2v) is 6.15. The first-order valence-electron chi connectivity index (χ1n) is 7.32. The van der Waals surface area contributed by atoms with Crippen molar-refractivity contribution in [2.45, 2.75) is 31.1 Å². The van der Waals surface area contributed by atoms with Crippen LogP contribution in [0.15, 0.2) is 23.1 Å². The van der Waals surface area contributed by atoms with Crippen molar-refractivity contribution in [2.75, 3.05) is 25.9 Å². The molecule has 1 saturated heterocycles. The topological polar surface area (TPSA) is 49.4 Å². The third-order valence-corrected chi connectivity index (χ3v) is 4.48. The van der Waals surface area contributed by atoms with Crippen molar-refractivity contribution in [2.24, 2.45) is 0 Å². The maximum atomic E-state index is 12.2. The van der Waals surface area contributed by atoms with Crippen molar-refractivity contribution in [3.63, 3.8) is 0 Å². The molecule has 5 heteroatoms. The third kappa shape index (κ3) is 4.24. The number of benzene rings is 1. The van der Waals surface area contributed by atoms with Crippen LogP contribution in [0.3, 0.4) is 0 Å². The van der Waals surface area contributed by atoms with E-state index in [2.05, 4.69) is 5.32 Å². The minimum Gasteiger partial charge on any atom is -0.352 e. The van der Waals surface area contributed by atoms with Crippen LogP contribution in [0.2, 0.25) is 0 Å². The first-order chi connectivity index (χ1) is 10.1. The molecular formula is C16H22N2O2S. The van der Waals surface area contributed by atoms with Gasteiger partial charge in [-0.25, -0.2) is 0 Å². The zero-order chi connectivity index (χ0) is 15.2. The average Bonchev–Trinajstić information content (AvgIpc) is 2.89. The van der Waals surface area contributed by atoms with Gasteiger partial charge in [-0.3, -0.25) is 9.59 Å². The fourth-order valence-corrected chi connectivity index (χ4v) is 2.92. The first-order valence-corrected chi connectivity index (χ1v) is 8.55. The molecule has 0 spiro atoms. The van der Waals surface area contributed by atoms with E-state index < -0.39 is 0 Å². The Morgan fingerprint density at radius 2 is 2.24 bits per heavy atom. The van der Waals surface area contributed by atoms with Gasteiger partial charge < -0.3 is 10.2 Å². The molecule has 0 unspecified atom stereocenters. The number of likely N-dealkylation sites (tertiary alicyclic amines) is 1. The number of hydrogen-bond acceptors (Lipinski definition) is 3. The fraction of sp³-hybridized carbons (Fsp3) is 0.500. The molecule has 21 heavy (non-hydrogen) atoms. The third-order valence-electron chi connectivity index (χ3n) is 3.75. The molecule has 2 rings (SSSR count). The summed E-state index contributed by atoms with van der Waals surface area (Å²) >= 11 is 1.63. The van der Waals surface area contributed by atoms with Gasteiger partial charge in [-0.2, -0.15) is 0 Å². The number of thioether (sulfide) groups is 1. The molecule has 1 aliphatic heterocycles. The van der Waals surface area contributed by atoms with Crippen molar-refractivity contribution in [3.05, 3.63) is 29.3 Å². The van der Waals surface area contributed by atoms with Crippen molar-refractivity contribution >= 4 is 23.6 Å². The Bertz CT molecular complexity index is 531. The molecule has 2 amide bonds. The number of nitrogens with one attached hydrogen (secondary N) is 1. The lowest BCUT2D eigenvalue weighted by Crippen LogP contribution is -2.30. The molecule has 1 fully saturated rings. The summed E-state index contributed by atoms with van der Waals surface area (Å²) in [4.78, 5) is 26.6. The van der Waals surface area contributed by atoms with Crippen molar-refractivity contribution in [1.82, 2.24) is 10.2 Å². The van der Waals surface area contributed by atoms with Gasteiger partial charge >= 0.3 is 0 Å². The molecule has 0 bridgehead atoms. The maximum Gasteiger partial charge on any atom is 0.251 e. The fourth-order valence-electron chi connectivity index (χ4n) is 2.48. The SMILES string of the molecule is CSc1ccc(C)c(C(=O)NCCCN2CCCC2=O)c1. The molecule has 1 N–H and O–H groups in total. The van der Waals surface area contributed by atoms with Gasteiger partial charge in [0.25, 0.3) is 5.91 Å². The lowest BCUT2D eigenvalue weighted by molar-refractivity contribution is -0.127. The highest BCUT2D eigenvalue weighted by Gasteiger charge is 2.19. The summed E-state index contributed by atoms with van der Waals surface area (Å²) in [6.45, 7) is 4.15. The molecule has 1 aromatic carbocycles. The van der Waals surface area contributed by atoms with E-state index in [9.17, 15) is 9.59 Å². The normalized spacial score (nSPS) is 14.6. The van der Waals surface area contributed by atoms with Crippen LogP contribution in [-0.2, 0) is 4.79 Å². The Labute approximate surface area is 130 Å². The van der Waals surface area contributed by atoms with Gasteiger partial charge in [0.2, 0.25) is 5.91 Å². The molecule has 0 radical (unpaired) electrons. The molecule has 0 saturated carbocycles. The summed E-state index contributed by atoms with van der Waals surface area (Å²) in [6.07, 6.45) is 4.44. The number of aryl methyl sites for hydroxylation is 1. The van der Waals surface area contributed by atoms with E-state index in [4.69, 9.17) is 0 Å². The Kier molecular flexibility index (Phi) is 5.67. The Morgan fingerprint density at radius 1 is 1.43 bits per heavy atom. The summed E-state index contributed by atoms with van der Waals surface area (Å²) < 4.78 is 0. The Hall–Kier alpha value is -1.49. The van der Waals surface area contributed by atoms with Crippen LogP contribution in [0, 0.1) is 6.92 Å². The molecule has 1 heterocycles. The second kappa shape index (κ2) is 7.50. The minimum atomic E-state index is -0.0313. The van der Waals surface area contributed by atoms with E-state index in [0.29, 0.717) is 13.0 Å². The number of amides is 2. The summed E-state index contributed by atoms with van der Waals surface area (Å²) in [7, 11) is 0. The van der Waals surface area contributed by atoms with E-state index in [1.54, 1.807) is 11.8 Å². The van der Waals surface area contributed by atoms with Crippen LogP contribution >= 0.6 is 11.8 Å². The van der Waals surface area contributed by atoms with Crippen LogP contribution in [0.5, 0.6) is 0 Å². The maximum absolute atomic E-state index is 12.2. The number of carbonyl (C=O) groups is 2. The summed E-state index contributed by atoms with van der Waals surface area (Å²) in [5, 5.41) is 2.94. The van der Waals surface area contributed by atoms with Gasteiger partial charge in [0.05, 0.1) is 0 Å². The van der Waals surface area contributed by atoms with Gasteiger partial charge in [0.15, 0.2) is 0 Å². The Morgan fingerprint density at radius 3 is 2.90 bits per heavy atom. The van der Waals surface area contributed by atoms with E-state index >= 15 is 0 Å². The number of rotatable bonds is 6. The van der Waals surface area contributed by atoms with Crippen LogP contribution in [0.1, 0.15) is 35.2 Å². The average molecular weight is 306 g/mol. The van der Waals surface area contributed by atoms with Gasteiger partial charge in [-0.1, -0.05) is 6.07 Å². The lowest BCUT2D eigenvalue weighted by atomic mass is 10.1. The molecule has 114 valence electrons. The van der Waals surface area contributed by atoms with Crippen molar-refractivity contribution < 1.29 is 9.59 Å². The second-order valence-electron chi connectivity index (χ2n) is 5.27. The van der Waals surface area contributed by atoms with Gasteiger partial charge in [-0.05, 0) is 43.7 Å². The monoisotopic (exact) mass is 306 g/mol. The van der Waals surface area contributed by atoms with Crippen LogP contribution < -0.4 is 5.32 Å². The van der Waals surface area contributed by atoms with Gasteiger partial charge in [0, 0.05) is 36.5 Å². The van der Waals surface area contributed by atoms with Gasteiger partial charge in [-0.15, -0.1) is 11.8 Å². The van der Waals surface area contributed by atoms with Gasteiger partial charge in [0.1, 0.15) is 0 Å². The summed E-state index contributed by atoms with van der Waals surface area (Å²) in [6, 6.07) is 5.93. The van der Waals surface area contributed by atoms with E-state index in [1.807, 2.05) is 36.3 Å². The number of nitrogens with zero attached hydrogens (tertiary/aromatic N) is 1. The molecule has 1 aliphatic rings. The van der Waals surface area contributed by atoms with Crippen LogP contribution in [0.25, 0.3) is 0 Å². The predicted octanol–water partition coefficient (Wildman–Crippen LogP) is 2.46. The first kappa shape index (κ1) is 15.9. The van der Waals surface area contributed by atoms with Crippen LogP contribution in [0.4, 0.5) is 0 Å². The zero-order valence-corrected chi connectivity index (χ0v) is 13.5. The highest BCUT2D eigenvalue weighted by atomic mass is 32.2. The smallest absolute Gasteiger partial charge is 0.251 e. The summed E-state index contributed by atoms with van der Waals surface area (Å²) in [5.41, 5.74) is 1.72. The minimum absolute atomic E-state index is 0.0313. The predicted molar refractivity (Wildman–Crippen MR) is 85.7 cm³/mol. The molecule has 4 nitrogen and oxygen atoms in total. The quantitative estimate of drug-likeness (QED) is 0.649. The number of hydrogen-bond donors (Lipinski definition) is 1. The Balaban J connectivity index is 1.80. The van der Waals surface area contributed by atoms with Crippen molar-refractivity contribution in [3.8, 4) is 0 Å². The zero-order valence-electron chi connectivity index (χ0n) is 12.6. The molecule has 1 aromatic rings. The highest BCUT2D eigenvalue weighted by Crippen LogP contribution is 2.19. The highest BCUT2D eigenvalue weighted by molar-refractivity contribution is 7.98. The number of carbonyl (C=O) groups excluding carboxylic acids is 2. The van der Waals surface area contributed by atoms with E-state index in [-0.39, 0.29) is 11.8 Å². The largest absolute Gasteiger partial charge is 0.352 e. The lowest BCUT2D eigenvalue weighted by Gasteiger charge is -2.15. The molecular weight excluding hydrogens is 284 g/mol. The van der Waals surface area contributed by atoms with Crippen molar-refractivity contribution in [1.29, 1.82) is 0 Å². The molecule has 0 aromatic heterocycles. The standard InChI is InChI=1S/C16H22N2O2S/c1-12-6-7-13(21-2)11-14(12)16(20)17-8-4-10-18-9-3-5-15(18)19/h6-7,11H,3-5,8-10H2,1-2H3,(H,17,20). The molecule has 0 aliphatic carbocycles. The van der Waals surface area contributed by atoms with E-state index in [1.165, 1.54) is 0 Å². The van der Waals surface area contributed by atoms with E-state index in [0.717, 1.165) is 42.0 Å². The molecule has 0 atom stereocenters. The van der Waals surface area contributed by atoms with Crippen LogP contribution in [-0.4, -0.2) is 42.6 Å².